The van der Waals surface area contributed by atoms with Gasteiger partial charge < -0.3 is 15.3 Å². The minimum atomic E-state index is -1.77. The number of likely N-dealkylation sites (tertiary alicyclic amines) is 1. The predicted molar refractivity (Wildman–Crippen MR) is 69.9 cm³/mol. The van der Waals surface area contributed by atoms with E-state index in [1.807, 2.05) is 0 Å². The number of hydrogen-bond acceptors (Lipinski definition) is 3. The van der Waals surface area contributed by atoms with Gasteiger partial charge in [-0.3, -0.25) is 9.59 Å². The molecule has 0 aromatic carbocycles. The first-order valence-corrected chi connectivity index (χ1v) is 7.40. The summed E-state index contributed by atoms with van der Waals surface area (Å²) in [6.07, 6.45) is 3.13. The maximum Gasteiger partial charge on any atom is 0.311 e. The molecule has 3 rings (SSSR count). The molecule has 0 spiro atoms. The van der Waals surface area contributed by atoms with Gasteiger partial charge in [0.05, 0.1) is 5.41 Å². The normalized spacial score (nSPS) is 36.1. The van der Waals surface area contributed by atoms with Gasteiger partial charge >= 0.3 is 5.97 Å². The lowest BCUT2D eigenvalue weighted by atomic mass is 9.85. The minimum absolute atomic E-state index is 0.170. The second-order valence-corrected chi connectivity index (χ2v) is 6.49. The fraction of sp³-hybridized carbons (Fsp3) is 0.857. The van der Waals surface area contributed by atoms with E-state index >= 15 is 0 Å². The molecule has 2 atom stereocenters. The molecule has 2 saturated heterocycles. The highest BCUT2D eigenvalue weighted by Crippen LogP contribution is 2.43. The first-order chi connectivity index (χ1) is 9.48. The monoisotopic (exact) mass is 284 g/mol. The van der Waals surface area contributed by atoms with Crippen LogP contribution < -0.4 is 5.32 Å². The van der Waals surface area contributed by atoms with E-state index in [1.165, 1.54) is 4.90 Å². The van der Waals surface area contributed by atoms with Gasteiger partial charge in [0.2, 0.25) is 0 Å². The zero-order valence-electron chi connectivity index (χ0n) is 11.5. The van der Waals surface area contributed by atoms with Crippen LogP contribution in [-0.4, -0.2) is 53.7 Å². The zero-order chi connectivity index (χ0) is 14.4. The predicted octanol–water partition coefficient (Wildman–Crippen LogP) is 0.791. The van der Waals surface area contributed by atoms with E-state index in [0.717, 1.165) is 12.8 Å². The van der Waals surface area contributed by atoms with Crippen LogP contribution >= 0.6 is 0 Å². The number of alkyl halides is 1. The Morgan fingerprint density at radius 1 is 1.40 bits per heavy atom. The Labute approximate surface area is 117 Å². The Kier molecular flexibility index (Phi) is 3.23. The third kappa shape index (κ3) is 1.92. The average molecular weight is 284 g/mol. The maximum atomic E-state index is 14.8. The number of carbonyl (C=O) groups is 2. The largest absolute Gasteiger partial charge is 0.481 e. The molecule has 0 aromatic heterocycles. The Morgan fingerprint density at radius 3 is 2.70 bits per heavy atom. The molecule has 2 N–H and O–H groups in total. The SMILES string of the molecule is O=C(O)C1(CN2C[C@@H]3CNCC[C@]3(F)C2=O)CCCC1. The lowest BCUT2D eigenvalue weighted by molar-refractivity contribution is -0.152. The van der Waals surface area contributed by atoms with Crippen LogP contribution in [0.1, 0.15) is 32.1 Å². The van der Waals surface area contributed by atoms with Crippen molar-refractivity contribution in [1.82, 2.24) is 10.2 Å². The van der Waals surface area contributed by atoms with Gasteiger partial charge in [0.1, 0.15) is 0 Å². The van der Waals surface area contributed by atoms with E-state index in [0.29, 0.717) is 32.5 Å². The number of carboxylic acids is 1. The van der Waals surface area contributed by atoms with Crippen molar-refractivity contribution in [3.05, 3.63) is 0 Å². The van der Waals surface area contributed by atoms with Crippen LogP contribution in [0.25, 0.3) is 0 Å². The van der Waals surface area contributed by atoms with Gasteiger partial charge in [-0.2, -0.15) is 0 Å². The Bertz CT molecular complexity index is 436. The summed E-state index contributed by atoms with van der Waals surface area (Å²) in [6, 6.07) is 0. The van der Waals surface area contributed by atoms with Crippen LogP contribution in [0.15, 0.2) is 0 Å². The van der Waals surface area contributed by atoms with Crippen LogP contribution in [0.4, 0.5) is 4.39 Å². The molecule has 1 aliphatic carbocycles. The summed E-state index contributed by atoms with van der Waals surface area (Å²) in [5.74, 6) is -1.67. The summed E-state index contributed by atoms with van der Waals surface area (Å²) in [4.78, 5) is 25.4. The third-order valence-electron chi connectivity index (χ3n) is 5.29. The zero-order valence-corrected chi connectivity index (χ0v) is 11.5. The van der Waals surface area contributed by atoms with Gasteiger partial charge in [0, 0.05) is 32.0 Å². The summed E-state index contributed by atoms with van der Waals surface area (Å²) in [5, 5.41) is 12.6. The van der Waals surface area contributed by atoms with Gasteiger partial charge in [0.25, 0.3) is 5.91 Å². The number of piperidine rings is 1. The molecule has 1 amide bonds. The molecule has 112 valence electrons. The lowest BCUT2D eigenvalue weighted by Gasteiger charge is -2.30. The highest BCUT2D eigenvalue weighted by atomic mass is 19.1. The molecule has 3 fully saturated rings. The van der Waals surface area contributed by atoms with E-state index in [1.54, 1.807) is 0 Å². The van der Waals surface area contributed by atoms with Crippen molar-refractivity contribution in [2.75, 3.05) is 26.2 Å². The quantitative estimate of drug-likeness (QED) is 0.804. The summed E-state index contributed by atoms with van der Waals surface area (Å²) in [6.45, 7) is 1.52. The molecule has 0 radical (unpaired) electrons. The van der Waals surface area contributed by atoms with E-state index in [2.05, 4.69) is 5.32 Å². The molecule has 2 heterocycles. The molecule has 6 heteroatoms. The number of carbonyl (C=O) groups excluding carboxylic acids is 1. The molecule has 5 nitrogen and oxygen atoms in total. The number of halogens is 1. The van der Waals surface area contributed by atoms with E-state index < -0.39 is 23.0 Å². The molecule has 2 aliphatic heterocycles. The summed E-state index contributed by atoms with van der Waals surface area (Å²) in [7, 11) is 0. The number of nitrogens with one attached hydrogen (secondary N) is 1. The molecular formula is C14H21FN2O3. The Hall–Kier alpha value is -1.17. The number of aliphatic carboxylic acids is 1. The van der Waals surface area contributed by atoms with Crippen molar-refractivity contribution in [3.63, 3.8) is 0 Å². The van der Waals surface area contributed by atoms with Crippen LogP contribution in [-0.2, 0) is 9.59 Å². The van der Waals surface area contributed by atoms with Gasteiger partial charge in [-0.25, -0.2) is 4.39 Å². The summed E-state index contributed by atoms with van der Waals surface area (Å²) >= 11 is 0. The molecular weight excluding hydrogens is 263 g/mol. The van der Waals surface area contributed by atoms with Gasteiger partial charge in [0.15, 0.2) is 5.67 Å². The number of hydrogen-bond donors (Lipinski definition) is 2. The maximum absolute atomic E-state index is 14.8. The summed E-state index contributed by atoms with van der Waals surface area (Å²) < 4.78 is 14.8. The molecule has 0 unspecified atom stereocenters. The number of amides is 1. The van der Waals surface area contributed by atoms with Crippen molar-refractivity contribution in [1.29, 1.82) is 0 Å². The van der Waals surface area contributed by atoms with Crippen molar-refractivity contribution in [2.24, 2.45) is 11.3 Å². The first-order valence-electron chi connectivity index (χ1n) is 7.40. The molecule has 20 heavy (non-hydrogen) atoms. The lowest BCUT2D eigenvalue weighted by Crippen LogP contribution is -2.49. The molecule has 0 aromatic rings. The van der Waals surface area contributed by atoms with E-state index in [9.17, 15) is 19.1 Å². The molecule has 1 saturated carbocycles. The van der Waals surface area contributed by atoms with Gasteiger partial charge in [-0.15, -0.1) is 0 Å². The molecule has 0 bridgehead atoms. The van der Waals surface area contributed by atoms with E-state index in [-0.39, 0.29) is 18.9 Å². The smallest absolute Gasteiger partial charge is 0.311 e. The molecule has 3 aliphatic rings. The fourth-order valence-corrected chi connectivity index (χ4v) is 4.01. The minimum Gasteiger partial charge on any atom is -0.481 e. The van der Waals surface area contributed by atoms with Crippen LogP contribution in [0.3, 0.4) is 0 Å². The van der Waals surface area contributed by atoms with Crippen molar-refractivity contribution >= 4 is 11.9 Å². The van der Waals surface area contributed by atoms with Crippen molar-refractivity contribution in [2.45, 2.75) is 37.8 Å². The van der Waals surface area contributed by atoms with Crippen LogP contribution in [0, 0.1) is 11.3 Å². The number of carboxylic acid groups (broad SMARTS) is 1. The standard InChI is InChI=1S/C14H21FN2O3/c15-14-5-6-16-7-10(14)8-17(11(14)18)9-13(12(19)20)3-1-2-4-13/h10,16H,1-9H2,(H,19,20)/t10-,14+/m0/s1. The Morgan fingerprint density at radius 2 is 2.10 bits per heavy atom. The van der Waals surface area contributed by atoms with Crippen LogP contribution in [0.5, 0.6) is 0 Å². The number of nitrogens with zero attached hydrogens (tertiary/aromatic N) is 1. The fourth-order valence-electron chi connectivity index (χ4n) is 4.01. The second-order valence-electron chi connectivity index (χ2n) is 6.49. The van der Waals surface area contributed by atoms with Gasteiger partial charge in [-0.1, -0.05) is 12.8 Å². The number of fused-ring (bicyclic) bond motifs is 1. The highest BCUT2D eigenvalue weighted by Gasteiger charge is 2.57. The first kappa shape index (κ1) is 13.8. The highest BCUT2D eigenvalue weighted by molar-refractivity contribution is 5.89. The summed E-state index contributed by atoms with van der Waals surface area (Å²) in [5.41, 5.74) is -2.63. The Balaban J connectivity index is 1.78. The van der Waals surface area contributed by atoms with Crippen LogP contribution in [0.2, 0.25) is 0 Å². The van der Waals surface area contributed by atoms with Crippen molar-refractivity contribution < 1.29 is 19.1 Å². The van der Waals surface area contributed by atoms with E-state index in [4.69, 9.17) is 0 Å². The third-order valence-corrected chi connectivity index (χ3v) is 5.29. The van der Waals surface area contributed by atoms with Gasteiger partial charge in [-0.05, 0) is 19.4 Å². The second kappa shape index (κ2) is 4.69. The van der Waals surface area contributed by atoms with Crippen molar-refractivity contribution in [3.8, 4) is 0 Å². The average Bonchev–Trinajstić information content (AvgIpc) is 2.97. The number of rotatable bonds is 3. The topological polar surface area (TPSA) is 69.6 Å².